The minimum Gasteiger partial charge on any atom is -0.390 e. The van der Waals surface area contributed by atoms with E-state index in [0.717, 1.165) is 21.4 Å². The molecule has 0 saturated carbocycles. The number of nitrogens with one attached hydrogen (secondary N) is 1. The van der Waals surface area contributed by atoms with Crippen LogP contribution in [0, 0.1) is 25.2 Å². The first kappa shape index (κ1) is 28.1. The number of aryl methyl sites for hydroxylation is 2. The molecule has 0 atom stereocenters. The van der Waals surface area contributed by atoms with Crippen molar-refractivity contribution in [3.8, 4) is 0 Å². The molecule has 2 N–H and O–H groups in total. The maximum absolute atomic E-state index is 12.5. The Balaban J connectivity index is 0.000000421. The van der Waals surface area contributed by atoms with E-state index in [-0.39, 0.29) is 18.1 Å². The third kappa shape index (κ3) is 5.73. The summed E-state index contributed by atoms with van der Waals surface area (Å²) in [5, 5.41) is 13.3. The van der Waals surface area contributed by atoms with Crippen LogP contribution in [-0.2, 0) is 14.1 Å². The minimum atomic E-state index is -0.619. The summed E-state index contributed by atoms with van der Waals surface area (Å²) in [6.07, 6.45) is 5.70. The first-order valence-corrected chi connectivity index (χ1v) is 11.9. The first-order valence-electron chi connectivity index (χ1n) is 11.9. The van der Waals surface area contributed by atoms with Crippen molar-refractivity contribution in [1.29, 1.82) is 0 Å². The van der Waals surface area contributed by atoms with Gasteiger partial charge in [-0.1, -0.05) is 52.0 Å². The van der Waals surface area contributed by atoms with Crippen molar-refractivity contribution in [2.24, 2.45) is 19.5 Å². The summed E-state index contributed by atoms with van der Waals surface area (Å²) in [6.45, 7) is 15.8. The Kier molecular flexibility index (Phi) is 8.50. The van der Waals surface area contributed by atoms with Gasteiger partial charge in [0.05, 0.1) is 11.1 Å². The summed E-state index contributed by atoms with van der Waals surface area (Å²) in [4.78, 5) is 28.9. The molecule has 0 spiro atoms. The Bertz CT molecular complexity index is 1340. The largest absolute Gasteiger partial charge is 0.390 e. The van der Waals surface area contributed by atoms with Gasteiger partial charge in [0.1, 0.15) is 11.2 Å². The molecule has 7 heteroatoms. The number of hydrogen-bond donors (Lipinski definition) is 2. The molecule has 1 aromatic carbocycles. The monoisotopic (exact) mass is 481 g/mol. The van der Waals surface area contributed by atoms with Gasteiger partial charge in [0, 0.05) is 38.7 Å². The Morgan fingerprint density at radius 1 is 0.971 bits per heavy atom. The molecule has 7 nitrogen and oxygen atoms in total. The highest BCUT2D eigenvalue weighted by atomic mass is 16.3. The van der Waals surface area contributed by atoms with Crippen LogP contribution in [0.2, 0.25) is 0 Å². The van der Waals surface area contributed by atoms with E-state index < -0.39 is 5.60 Å². The number of benzene rings is 1. The van der Waals surface area contributed by atoms with E-state index in [1.807, 2.05) is 59.7 Å². The molecule has 35 heavy (non-hydrogen) atoms. The molecule has 0 unspecified atom stereocenters. The van der Waals surface area contributed by atoms with Gasteiger partial charge in [-0.3, -0.25) is 13.9 Å². The van der Waals surface area contributed by atoms with Gasteiger partial charge >= 0.3 is 5.69 Å². The quantitative estimate of drug-likeness (QED) is 0.535. The van der Waals surface area contributed by atoms with Crippen LogP contribution in [0.15, 0.2) is 52.2 Å². The van der Waals surface area contributed by atoms with Gasteiger partial charge in [-0.15, -0.1) is 0 Å². The molecule has 191 valence electrons. The maximum Gasteiger partial charge on any atom is 0.330 e. The van der Waals surface area contributed by atoms with E-state index in [2.05, 4.69) is 36.3 Å². The highest BCUT2D eigenvalue weighted by Crippen LogP contribution is 2.46. The fraction of sp³-hybridized carbons (Fsp3) is 0.429. The lowest BCUT2D eigenvalue weighted by Crippen LogP contribution is -2.40. The second-order valence-electron chi connectivity index (χ2n) is 9.60. The molecule has 3 aromatic rings. The van der Waals surface area contributed by atoms with Gasteiger partial charge in [0.2, 0.25) is 0 Å². The predicted octanol–water partition coefficient (Wildman–Crippen LogP) is 5.19. The van der Waals surface area contributed by atoms with E-state index >= 15 is 0 Å². The molecule has 1 aliphatic rings. The van der Waals surface area contributed by atoms with Crippen molar-refractivity contribution in [3.05, 3.63) is 80.5 Å². The van der Waals surface area contributed by atoms with Crippen LogP contribution in [0.4, 0.5) is 11.5 Å². The zero-order valence-electron chi connectivity index (χ0n) is 22.6. The highest BCUT2D eigenvalue weighted by molar-refractivity contribution is 5.90. The summed E-state index contributed by atoms with van der Waals surface area (Å²) in [6, 6.07) is 7.59. The molecular formula is C28H41N4O3. The molecule has 0 aliphatic heterocycles. The maximum atomic E-state index is 12.5. The van der Waals surface area contributed by atoms with Crippen molar-refractivity contribution >= 4 is 22.4 Å². The van der Waals surface area contributed by atoms with Crippen molar-refractivity contribution in [1.82, 2.24) is 14.1 Å². The first-order chi connectivity index (χ1) is 16.3. The zero-order valence-corrected chi connectivity index (χ0v) is 22.6. The lowest BCUT2D eigenvalue weighted by Gasteiger charge is -2.37. The summed E-state index contributed by atoms with van der Waals surface area (Å²) < 4.78 is 2.55. The smallest absolute Gasteiger partial charge is 0.330 e. The average Bonchev–Trinajstić information content (AvgIpc) is 3.66. The molecular weight excluding hydrogens is 440 g/mol. The molecule has 0 bridgehead atoms. The zero-order chi connectivity index (χ0) is 26.7. The summed E-state index contributed by atoms with van der Waals surface area (Å²) in [5.41, 5.74) is 2.26. The van der Waals surface area contributed by atoms with Gasteiger partial charge < -0.3 is 10.4 Å². The molecule has 1 radical (unpaired) electrons. The molecule has 4 rings (SSSR count). The molecule has 2 heterocycles. The molecule has 0 saturated heterocycles. The van der Waals surface area contributed by atoms with Crippen molar-refractivity contribution in [2.75, 3.05) is 5.32 Å². The third-order valence-electron chi connectivity index (χ3n) is 6.82. The van der Waals surface area contributed by atoms with Crippen LogP contribution >= 0.6 is 0 Å². The fourth-order valence-corrected chi connectivity index (χ4v) is 3.44. The van der Waals surface area contributed by atoms with Crippen LogP contribution in [-0.4, -0.2) is 24.8 Å². The lowest BCUT2D eigenvalue weighted by atomic mass is 9.72. The molecule has 1 aliphatic carbocycles. The number of nitrogens with zero attached hydrogens (tertiary/aromatic N) is 3. The lowest BCUT2D eigenvalue weighted by molar-refractivity contribution is -0.0174. The van der Waals surface area contributed by atoms with Gasteiger partial charge in [0.25, 0.3) is 5.56 Å². The van der Waals surface area contributed by atoms with Crippen molar-refractivity contribution in [2.45, 2.75) is 61.0 Å². The van der Waals surface area contributed by atoms with Gasteiger partial charge in [-0.25, -0.2) is 9.78 Å². The van der Waals surface area contributed by atoms with Crippen LogP contribution in [0.1, 0.15) is 54.1 Å². The van der Waals surface area contributed by atoms with Crippen molar-refractivity contribution in [3.63, 3.8) is 0 Å². The van der Waals surface area contributed by atoms with Crippen LogP contribution in [0.5, 0.6) is 0 Å². The standard InChI is InChI=1S/C17H18N4O2.C9H15O.C2H6.H2/c1-10-6-5-7-12(11(10)2)19-15-14-13(8-9-18-15)20(3)17(23)21(4)16(14)22;1-8(2,7-5-6-7)9(3,4)10;1-2;/h5-9H,1-4H3,(H,18,19);5-6,10H,1-4H3;1-2H3;1H. The van der Waals surface area contributed by atoms with Crippen LogP contribution < -0.4 is 16.6 Å². The Labute approximate surface area is 209 Å². The number of allylic oxidation sites excluding steroid dienone is 2. The topological polar surface area (TPSA) is 89.2 Å². The van der Waals surface area contributed by atoms with Gasteiger partial charge in [-0.2, -0.15) is 0 Å². The molecule has 0 fully saturated rings. The van der Waals surface area contributed by atoms with Crippen LogP contribution in [0.25, 0.3) is 10.9 Å². The summed E-state index contributed by atoms with van der Waals surface area (Å²) >= 11 is 0. The van der Waals surface area contributed by atoms with E-state index in [1.54, 1.807) is 19.3 Å². The fourth-order valence-electron chi connectivity index (χ4n) is 3.44. The summed E-state index contributed by atoms with van der Waals surface area (Å²) in [5.74, 6) is 1.72. The van der Waals surface area contributed by atoms with E-state index in [1.165, 1.54) is 17.5 Å². The number of aliphatic hydroxyl groups is 1. The normalized spacial score (nSPS) is 13.0. The Morgan fingerprint density at radius 2 is 1.57 bits per heavy atom. The number of pyridine rings is 1. The van der Waals surface area contributed by atoms with E-state index in [9.17, 15) is 14.7 Å². The Morgan fingerprint density at radius 3 is 2.09 bits per heavy atom. The number of aromatic nitrogens is 3. The summed E-state index contributed by atoms with van der Waals surface area (Å²) in [7, 11) is 3.12. The van der Waals surface area contributed by atoms with Crippen molar-refractivity contribution < 1.29 is 6.53 Å². The number of rotatable bonds is 4. The number of anilines is 2. The Hall–Kier alpha value is -3.19. The molecule has 0 amide bonds. The van der Waals surface area contributed by atoms with Gasteiger partial charge in [-0.05, 0) is 51.0 Å². The predicted molar refractivity (Wildman–Crippen MR) is 147 cm³/mol. The second-order valence-corrected chi connectivity index (χ2v) is 9.60. The van der Waals surface area contributed by atoms with E-state index in [0.29, 0.717) is 16.7 Å². The average molecular weight is 482 g/mol. The SMILES string of the molecule is CC.CC(C)(O)C(C)(C)[C]1C=C1.Cc1cccc(Nc2nccc3c2c(=O)n(C)c(=O)n3C)c1C.[HH]. The highest BCUT2D eigenvalue weighted by Gasteiger charge is 2.43. The second kappa shape index (κ2) is 10.6. The number of fused-ring (bicyclic) bond motifs is 1. The third-order valence-corrected chi connectivity index (χ3v) is 6.82. The van der Waals surface area contributed by atoms with E-state index in [4.69, 9.17) is 0 Å². The minimum absolute atomic E-state index is 0. The molecule has 2 aromatic heterocycles. The van der Waals surface area contributed by atoms with Crippen LogP contribution in [0.3, 0.4) is 0 Å². The number of hydrogen-bond acceptors (Lipinski definition) is 5. The van der Waals surface area contributed by atoms with Gasteiger partial charge in [0.15, 0.2) is 0 Å².